The highest BCUT2D eigenvalue weighted by atomic mass is 16.5. The fraction of sp³-hybridized carbons (Fsp3) is 0.353. The van der Waals surface area contributed by atoms with Crippen LogP contribution in [0.1, 0.15) is 36.2 Å². The van der Waals surface area contributed by atoms with Crippen molar-refractivity contribution in [3.8, 4) is 11.4 Å². The summed E-state index contributed by atoms with van der Waals surface area (Å²) < 4.78 is 10.5. The van der Waals surface area contributed by atoms with Crippen molar-refractivity contribution in [3.63, 3.8) is 0 Å². The number of pyridine rings is 1. The molecule has 134 valence electrons. The highest BCUT2D eigenvalue weighted by Crippen LogP contribution is 2.32. The molecule has 1 N–H and O–H groups in total. The molecule has 3 aromatic heterocycles. The number of likely N-dealkylation sites (tertiary alicyclic amines) is 1. The van der Waals surface area contributed by atoms with Gasteiger partial charge in [-0.05, 0) is 31.9 Å². The molecule has 0 aliphatic carbocycles. The van der Waals surface area contributed by atoms with E-state index < -0.39 is 0 Å². The summed E-state index contributed by atoms with van der Waals surface area (Å²) in [6.45, 7) is 2.69. The van der Waals surface area contributed by atoms with Gasteiger partial charge in [0.15, 0.2) is 5.76 Å². The Kier molecular flexibility index (Phi) is 4.34. The molecule has 2 amide bonds. The van der Waals surface area contributed by atoms with Crippen molar-refractivity contribution in [1.82, 2.24) is 30.5 Å². The first kappa shape index (κ1) is 16.2. The van der Waals surface area contributed by atoms with Crippen LogP contribution >= 0.6 is 0 Å². The van der Waals surface area contributed by atoms with Crippen molar-refractivity contribution in [1.29, 1.82) is 0 Å². The van der Waals surface area contributed by atoms with Gasteiger partial charge in [-0.1, -0.05) is 10.3 Å². The van der Waals surface area contributed by atoms with Gasteiger partial charge in [-0.3, -0.25) is 4.98 Å². The second-order valence-electron chi connectivity index (χ2n) is 6.13. The van der Waals surface area contributed by atoms with Gasteiger partial charge in [0.05, 0.1) is 18.3 Å². The Morgan fingerprint density at radius 1 is 1.38 bits per heavy atom. The number of hydrogen-bond donors (Lipinski definition) is 1. The molecule has 0 spiro atoms. The molecule has 0 saturated carbocycles. The summed E-state index contributed by atoms with van der Waals surface area (Å²) in [6, 6.07) is 5.22. The standard InChI is InChI=1S/C17H18N6O3/c1-11-8-14(25-21-11)13-5-3-7-23(13)17(24)19-10-15-20-16(22-26-15)12-4-2-6-18-9-12/h2,4,6,8-9,13H,3,5,7,10H2,1H3,(H,19,24). The molecule has 0 aromatic carbocycles. The third-order valence-corrected chi connectivity index (χ3v) is 4.27. The van der Waals surface area contributed by atoms with Gasteiger partial charge >= 0.3 is 6.03 Å². The maximum absolute atomic E-state index is 12.5. The summed E-state index contributed by atoms with van der Waals surface area (Å²) in [4.78, 5) is 22.6. The number of amides is 2. The van der Waals surface area contributed by atoms with E-state index in [0.29, 0.717) is 24.0 Å². The Morgan fingerprint density at radius 2 is 2.31 bits per heavy atom. The van der Waals surface area contributed by atoms with Crippen LogP contribution in [0.25, 0.3) is 11.4 Å². The average molecular weight is 354 g/mol. The van der Waals surface area contributed by atoms with E-state index in [0.717, 1.165) is 24.1 Å². The Morgan fingerprint density at radius 3 is 3.08 bits per heavy atom. The number of urea groups is 1. The predicted molar refractivity (Wildman–Crippen MR) is 89.7 cm³/mol. The van der Waals surface area contributed by atoms with Gasteiger partial charge < -0.3 is 19.3 Å². The molecule has 4 heterocycles. The summed E-state index contributed by atoms with van der Waals surface area (Å²) in [5.74, 6) is 1.49. The third-order valence-electron chi connectivity index (χ3n) is 4.27. The van der Waals surface area contributed by atoms with Crippen LogP contribution in [0.15, 0.2) is 39.6 Å². The van der Waals surface area contributed by atoms with Gasteiger partial charge in [-0.15, -0.1) is 0 Å². The Labute approximate surface area is 149 Å². The average Bonchev–Trinajstić information content (AvgIpc) is 3.40. The lowest BCUT2D eigenvalue weighted by atomic mass is 10.1. The molecular weight excluding hydrogens is 336 g/mol. The van der Waals surface area contributed by atoms with Gasteiger partial charge in [0.2, 0.25) is 11.7 Å². The fourth-order valence-electron chi connectivity index (χ4n) is 3.04. The van der Waals surface area contributed by atoms with Gasteiger partial charge in [-0.25, -0.2) is 4.79 Å². The lowest BCUT2D eigenvalue weighted by Gasteiger charge is -2.22. The lowest BCUT2D eigenvalue weighted by molar-refractivity contribution is 0.180. The molecule has 1 saturated heterocycles. The van der Waals surface area contributed by atoms with Crippen LogP contribution in [0.2, 0.25) is 0 Å². The predicted octanol–water partition coefficient (Wildman–Crippen LogP) is 2.47. The van der Waals surface area contributed by atoms with E-state index in [9.17, 15) is 4.79 Å². The Balaban J connectivity index is 1.39. The molecule has 1 unspecified atom stereocenters. The van der Waals surface area contributed by atoms with E-state index in [2.05, 4.69) is 25.6 Å². The number of aryl methyl sites for hydroxylation is 1. The number of carbonyl (C=O) groups excluding carboxylic acids is 1. The van der Waals surface area contributed by atoms with E-state index in [1.54, 1.807) is 23.4 Å². The van der Waals surface area contributed by atoms with E-state index in [4.69, 9.17) is 9.05 Å². The molecule has 26 heavy (non-hydrogen) atoms. The quantitative estimate of drug-likeness (QED) is 0.766. The highest BCUT2D eigenvalue weighted by molar-refractivity contribution is 5.74. The number of nitrogens with one attached hydrogen (secondary N) is 1. The number of carbonyl (C=O) groups is 1. The molecule has 1 aliphatic heterocycles. The highest BCUT2D eigenvalue weighted by Gasteiger charge is 2.32. The maximum Gasteiger partial charge on any atom is 0.318 e. The zero-order valence-electron chi connectivity index (χ0n) is 14.3. The van der Waals surface area contributed by atoms with Gasteiger partial charge in [0, 0.05) is 30.6 Å². The number of rotatable bonds is 4. The number of aromatic nitrogens is 4. The number of nitrogens with zero attached hydrogens (tertiary/aromatic N) is 5. The van der Waals surface area contributed by atoms with Crippen LogP contribution in [0.5, 0.6) is 0 Å². The van der Waals surface area contributed by atoms with E-state index in [1.165, 1.54) is 0 Å². The molecular formula is C17H18N6O3. The summed E-state index contributed by atoms with van der Waals surface area (Å²) in [5.41, 5.74) is 1.56. The van der Waals surface area contributed by atoms with Crippen LogP contribution in [-0.4, -0.2) is 37.8 Å². The lowest BCUT2D eigenvalue weighted by Crippen LogP contribution is -2.39. The Bertz CT molecular complexity index is 891. The minimum Gasteiger partial charge on any atom is -0.359 e. The summed E-state index contributed by atoms with van der Waals surface area (Å²) in [7, 11) is 0. The molecule has 3 aromatic rings. The normalized spacial score (nSPS) is 16.8. The largest absolute Gasteiger partial charge is 0.359 e. The van der Waals surface area contributed by atoms with Gasteiger partial charge in [-0.2, -0.15) is 4.98 Å². The Hall–Kier alpha value is -3.23. The first-order valence-corrected chi connectivity index (χ1v) is 8.41. The first-order chi connectivity index (χ1) is 12.7. The van der Waals surface area contributed by atoms with Gasteiger partial charge in [0.1, 0.15) is 0 Å². The van der Waals surface area contributed by atoms with Crippen molar-refractivity contribution in [2.75, 3.05) is 6.54 Å². The van der Waals surface area contributed by atoms with Gasteiger partial charge in [0.25, 0.3) is 0 Å². The van der Waals surface area contributed by atoms with Crippen molar-refractivity contribution in [2.24, 2.45) is 0 Å². The van der Waals surface area contributed by atoms with Crippen LogP contribution in [0.4, 0.5) is 4.79 Å². The monoisotopic (exact) mass is 354 g/mol. The second-order valence-corrected chi connectivity index (χ2v) is 6.13. The summed E-state index contributed by atoms with van der Waals surface area (Å²) in [5, 5.41) is 10.6. The summed E-state index contributed by atoms with van der Waals surface area (Å²) >= 11 is 0. The van der Waals surface area contributed by atoms with Crippen molar-refractivity contribution in [3.05, 3.63) is 47.9 Å². The number of hydrogen-bond acceptors (Lipinski definition) is 7. The topological polar surface area (TPSA) is 110 Å². The van der Waals surface area contributed by atoms with Crippen LogP contribution in [0, 0.1) is 6.92 Å². The van der Waals surface area contributed by atoms with E-state index in [-0.39, 0.29) is 18.6 Å². The molecule has 9 nitrogen and oxygen atoms in total. The molecule has 9 heteroatoms. The van der Waals surface area contributed by atoms with E-state index in [1.807, 2.05) is 19.1 Å². The molecule has 1 atom stereocenters. The van der Waals surface area contributed by atoms with Crippen molar-refractivity contribution >= 4 is 6.03 Å². The zero-order valence-corrected chi connectivity index (χ0v) is 14.3. The minimum atomic E-state index is -0.192. The second kappa shape index (κ2) is 6.95. The van der Waals surface area contributed by atoms with Crippen LogP contribution in [0.3, 0.4) is 0 Å². The zero-order chi connectivity index (χ0) is 17.9. The molecule has 4 rings (SSSR count). The van der Waals surface area contributed by atoms with Crippen LogP contribution in [-0.2, 0) is 6.54 Å². The first-order valence-electron chi connectivity index (χ1n) is 8.41. The molecule has 1 fully saturated rings. The molecule has 0 bridgehead atoms. The summed E-state index contributed by atoms with van der Waals surface area (Å²) in [6.07, 6.45) is 5.10. The molecule has 0 radical (unpaired) electrons. The minimum absolute atomic E-state index is 0.0927. The smallest absolute Gasteiger partial charge is 0.318 e. The molecule has 1 aliphatic rings. The third kappa shape index (κ3) is 3.28. The van der Waals surface area contributed by atoms with Crippen molar-refractivity contribution < 1.29 is 13.8 Å². The van der Waals surface area contributed by atoms with Crippen LogP contribution < -0.4 is 5.32 Å². The maximum atomic E-state index is 12.5. The van der Waals surface area contributed by atoms with Crippen molar-refractivity contribution in [2.45, 2.75) is 32.4 Å². The SMILES string of the molecule is Cc1cc(C2CCCN2C(=O)NCc2nc(-c3cccnc3)no2)on1. The fourth-order valence-corrected chi connectivity index (χ4v) is 3.04. The van der Waals surface area contributed by atoms with E-state index >= 15 is 0 Å².